The lowest BCUT2D eigenvalue weighted by atomic mass is 10.2. The first-order valence-electron chi connectivity index (χ1n) is 5.05. The Morgan fingerprint density at radius 1 is 1.43 bits per heavy atom. The first-order valence-corrected chi connectivity index (χ1v) is 5.05. The molecule has 0 radical (unpaired) electrons. The molecular weight excluding hydrogens is 180 g/mol. The maximum absolute atomic E-state index is 11.2. The number of carbonyl (C=O) groups is 1. The zero-order valence-electron chi connectivity index (χ0n) is 9.81. The van der Waals surface area contributed by atoms with Gasteiger partial charge in [-0.3, -0.25) is 0 Å². The summed E-state index contributed by atoms with van der Waals surface area (Å²) in [5.74, 6) is 0. The van der Waals surface area contributed by atoms with E-state index in [-0.39, 0.29) is 12.1 Å². The van der Waals surface area contributed by atoms with Crippen molar-refractivity contribution in [3.63, 3.8) is 0 Å². The largest absolute Gasteiger partial charge is 0.444 e. The van der Waals surface area contributed by atoms with E-state index >= 15 is 0 Å². The predicted molar refractivity (Wildman–Crippen MR) is 57.4 cm³/mol. The molecule has 0 fully saturated rings. The van der Waals surface area contributed by atoms with Gasteiger partial charge in [-0.25, -0.2) is 4.79 Å². The molecule has 1 atom stereocenters. The van der Waals surface area contributed by atoms with Gasteiger partial charge in [0.15, 0.2) is 0 Å². The van der Waals surface area contributed by atoms with Gasteiger partial charge in [0.05, 0.1) is 0 Å². The van der Waals surface area contributed by atoms with Crippen molar-refractivity contribution in [2.45, 2.75) is 46.3 Å². The van der Waals surface area contributed by atoms with E-state index in [1.165, 1.54) is 0 Å². The van der Waals surface area contributed by atoms with Gasteiger partial charge in [0, 0.05) is 12.6 Å². The lowest BCUT2D eigenvalue weighted by molar-refractivity contribution is 0.0523. The molecule has 0 bridgehead atoms. The summed E-state index contributed by atoms with van der Waals surface area (Å²) in [7, 11) is 0. The highest BCUT2D eigenvalue weighted by Crippen LogP contribution is 2.06. The second-order valence-corrected chi connectivity index (χ2v) is 4.34. The molecule has 0 aliphatic carbocycles. The van der Waals surface area contributed by atoms with E-state index in [1.807, 2.05) is 34.6 Å². The van der Waals surface area contributed by atoms with Crippen molar-refractivity contribution < 1.29 is 9.53 Å². The quantitative estimate of drug-likeness (QED) is 0.726. The van der Waals surface area contributed by atoms with Gasteiger partial charge in [0.25, 0.3) is 0 Å². The highest BCUT2D eigenvalue weighted by molar-refractivity contribution is 5.67. The number of nitrogens with one attached hydrogen (secondary N) is 2. The Bertz CT molecular complexity index is 175. The van der Waals surface area contributed by atoms with Crippen LogP contribution in [0.3, 0.4) is 0 Å². The highest BCUT2D eigenvalue weighted by Gasteiger charge is 2.15. The van der Waals surface area contributed by atoms with E-state index in [1.54, 1.807) is 0 Å². The number of likely N-dealkylation sites (N-methyl/N-ethyl adjacent to an activating group) is 1. The van der Waals surface area contributed by atoms with Crippen molar-refractivity contribution >= 4 is 6.09 Å². The van der Waals surface area contributed by atoms with Gasteiger partial charge in [-0.1, -0.05) is 6.92 Å². The molecule has 14 heavy (non-hydrogen) atoms. The Balaban J connectivity index is 3.64. The smallest absolute Gasteiger partial charge is 0.407 e. The van der Waals surface area contributed by atoms with Crippen LogP contribution in [0.2, 0.25) is 0 Å². The molecule has 0 saturated heterocycles. The molecular formula is C10H22N2O2. The average molecular weight is 202 g/mol. The van der Waals surface area contributed by atoms with Crippen LogP contribution in [0.5, 0.6) is 0 Å². The van der Waals surface area contributed by atoms with Crippen LogP contribution >= 0.6 is 0 Å². The fourth-order valence-electron chi connectivity index (χ4n) is 0.971. The molecule has 1 amide bonds. The molecule has 0 heterocycles. The van der Waals surface area contributed by atoms with E-state index in [0.29, 0.717) is 6.54 Å². The second kappa shape index (κ2) is 5.86. The summed E-state index contributed by atoms with van der Waals surface area (Å²) in [6.07, 6.45) is -0.359. The van der Waals surface area contributed by atoms with E-state index in [0.717, 1.165) is 6.54 Å². The van der Waals surface area contributed by atoms with E-state index < -0.39 is 5.60 Å². The van der Waals surface area contributed by atoms with Gasteiger partial charge in [-0.05, 0) is 34.2 Å². The molecule has 0 aliphatic heterocycles. The molecule has 0 rings (SSSR count). The predicted octanol–water partition coefficient (Wildman–Crippen LogP) is 1.51. The molecule has 0 aliphatic rings. The third kappa shape index (κ3) is 7.86. The summed E-state index contributed by atoms with van der Waals surface area (Å²) >= 11 is 0. The molecule has 2 N–H and O–H groups in total. The minimum Gasteiger partial charge on any atom is -0.444 e. The molecule has 0 saturated carbocycles. The second-order valence-electron chi connectivity index (χ2n) is 4.34. The number of amides is 1. The molecule has 0 aromatic rings. The molecule has 0 unspecified atom stereocenters. The molecule has 84 valence electrons. The summed E-state index contributed by atoms with van der Waals surface area (Å²) in [5.41, 5.74) is -0.425. The zero-order chi connectivity index (χ0) is 11.2. The lowest BCUT2D eigenvalue weighted by Gasteiger charge is -2.20. The van der Waals surface area contributed by atoms with Gasteiger partial charge in [-0.15, -0.1) is 0 Å². The Morgan fingerprint density at radius 2 is 2.00 bits per heavy atom. The summed E-state index contributed by atoms with van der Waals surface area (Å²) in [6, 6.07) is 0.271. The minimum absolute atomic E-state index is 0.271. The van der Waals surface area contributed by atoms with E-state index in [4.69, 9.17) is 4.74 Å². The number of hydrogen-bond acceptors (Lipinski definition) is 3. The van der Waals surface area contributed by atoms with Gasteiger partial charge in [0.1, 0.15) is 5.60 Å². The molecule has 4 nitrogen and oxygen atoms in total. The fraction of sp³-hybridized carbons (Fsp3) is 0.900. The molecule has 0 aromatic heterocycles. The molecule has 0 spiro atoms. The number of ether oxygens (including phenoxy) is 1. The van der Waals surface area contributed by atoms with Crippen molar-refractivity contribution in [2.24, 2.45) is 0 Å². The third-order valence-corrected chi connectivity index (χ3v) is 1.50. The minimum atomic E-state index is -0.425. The van der Waals surface area contributed by atoms with Crippen LogP contribution in [0.1, 0.15) is 34.6 Å². The molecule has 0 aromatic carbocycles. The summed E-state index contributed by atoms with van der Waals surface area (Å²) < 4.78 is 5.09. The van der Waals surface area contributed by atoms with Crippen molar-refractivity contribution in [2.75, 3.05) is 13.1 Å². The van der Waals surface area contributed by atoms with Crippen LogP contribution in [0, 0.1) is 0 Å². The van der Waals surface area contributed by atoms with Crippen LogP contribution in [0.25, 0.3) is 0 Å². The first-order chi connectivity index (χ1) is 6.35. The zero-order valence-corrected chi connectivity index (χ0v) is 9.81. The van der Waals surface area contributed by atoms with Gasteiger partial charge in [0.2, 0.25) is 0 Å². The molecule has 4 heteroatoms. The Morgan fingerprint density at radius 3 is 2.43 bits per heavy atom. The van der Waals surface area contributed by atoms with Crippen LogP contribution in [-0.2, 0) is 4.74 Å². The number of hydrogen-bond donors (Lipinski definition) is 2. The van der Waals surface area contributed by atoms with Crippen molar-refractivity contribution in [3.8, 4) is 0 Å². The summed E-state index contributed by atoms with van der Waals surface area (Å²) in [4.78, 5) is 11.2. The van der Waals surface area contributed by atoms with Crippen molar-refractivity contribution in [1.29, 1.82) is 0 Å². The van der Waals surface area contributed by atoms with Crippen molar-refractivity contribution in [3.05, 3.63) is 0 Å². The number of alkyl carbamates (subject to hydrolysis) is 1. The normalized spacial score (nSPS) is 13.5. The maximum atomic E-state index is 11.2. The van der Waals surface area contributed by atoms with Gasteiger partial charge < -0.3 is 15.4 Å². The Labute approximate surface area is 86.4 Å². The highest BCUT2D eigenvalue weighted by atomic mass is 16.6. The van der Waals surface area contributed by atoms with Crippen molar-refractivity contribution in [1.82, 2.24) is 10.6 Å². The monoisotopic (exact) mass is 202 g/mol. The summed E-state index contributed by atoms with van der Waals surface area (Å²) in [6.45, 7) is 11.1. The maximum Gasteiger partial charge on any atom is 0.407 e. The van der Waals surface area contributed by atoms with Crippen LogP contribution < -0.4 is 10.6 Å². The van der Waals surface area contributed by atoms with E-state index in [2.05, 4.69) is 10.6 Å². The Hall–Kier alpha value is -0.770. The third-order valence-electron chi connectivity index (χ3n) is 1.50. The summed E-state index contributed by atoms with van der Waals surface area (Å²) in [5, 5.41) is 5.89. The fourth-order valence-corrected chi connectivity index (χ4v) is 0.971. The van der Waals surface area contributed by atoms with Gasteiger partial charge in [-0.2, -0.15) is 0 Å². The van der Waals surface area contributed by atoms with Crippen LogP contribution in [-0.4, -0.2) is 30.8 Å². The van der Waals surface area contributed by atoms with E-state index in [9.17, 15) is 4.79 Å². The lowest BCUT2D eigenvalue weighted by Crippen LogP contribution is -2.41. The number of rotatable bonds is 4. The number of carbonyl (C=O) groups excluding carboxylic acids is 1. The first kappa shape index (κ1) is 13.2. The topological polar surface area (TPSA) is 50.4 Å². The Kier molecular flexibility index (Phi) is 5.53. The van der Waals surface area contributed by atoms with Gasteiger partial charge >= 0.3 is 6.09 Å². The SMILES string of the molecule is CCN[C@@H](C)CNC(=O)OC(C)(C)C. The van der Waals surface area contributed by atoms with Crippen LogP contribution in [0.15, 0.2) is 0 Å². The average Bonchev–Trinajstić information content (AvgIpc) is 1.98. The standard InChI is InChI=1S/C10H22N2O2/c1-6-11-8(2)7-12-9(13)14-10(3,4)5/h8,11H,6-7H2,1-5H3,(H,12,13)/t8-/m0/s1. The van der Waals surface area contributed by atoms with Crippen LogP contribution in [0.4, 0.5) is 4.79 Å².